The van der Waals surface area contributed by atoms with Crippen LogP contribution in [0.3, 0.4) is 0 Å². The van der Waals surface area contributed by atoms with E-state index >= 15 is 0 Å². The molecule has 0 aliphatic heterocycles. The van der Waals surface area contributed by atoms with Crippen molar-refractivity contribution in [2.24, 2.45) is 0 Å². The van der Waals surface area contributed by atoms with Gasteiger partial charge in [0.25, 0.3) is 5.56 Å². The molecule has 0 amide bonds. The first-order chi connectivity index (χ1) is 8.75. The maximum absolute atomic E-state index is 11.4. The Kier molecular flexibility index (Phi) is 5.44. The molecule has 3 N–H and O–H groups in total. The summed E-state index contributed by atoms with van der Waals surface area (Å²) < 4.78 is 5.32. The lowest BCUT2D eigenvalue weighted by Crippen LogP contribution is -2.14. The molecule has 1 aromatic carbocycles. The molecule has 5 heteroatoms. The van der Waals surface area contributed by atoms with Crippen LogP contribution in [0.1, 0.15) is 19.4 Å². The Morgan fingerprint density at radius 2 is 1.94 bits per heavy atom. The highest BCUT2D eigenvalue weighted by Crippen LogP contribution is 2.05. The quantitative estimate of drug-likeness (QED) is 0.868. The Bertz CT molecular complexity index is 523. The van der Waals surface area contributed by atoms with Gasteiger partial charge in [0.1, 0.15) is 6.61 Å². The fourth-order valence-corrected chi connectivity index (χ4v) is 1.24. The lowest BCUT2D eigenvalue weighted by Gasteiger charge is -2.04. The molecule has 5 nitrogen and oxygen atoms in total. The number of anilines is 1. The molecular formula is C13H17N3O2. The van der Waals surface area contributed by atoms with Gasteiger partial charge in [-0.2, -0.15) is 0 Å². The number of H-pyrrole nitrogens is 1. The summed E-state index contributed by atoms with van der Waals surface area (Å²) in [6.45, 7) is 4.33. The van der Waals surface area contributed by atoms with Crippen LogP contribution < -0.4 is 16.0 Å². The third-order valence-electron chi connectivity index (χ3n) is 2.02. The molecule has 0 spiro atoms. The van der Waals surface area contributed by atoms with Crippen LogP contribution in [-0.4, -0.2) is 9.97 Å². The maximum atomic E-state index is 11.4. The molecule has 96 valence electrons. The highest BCUT2D eigenvalue weighted by molar-refractivity contribution is 5.22. The third kappa shape index (κ3) is 3.93. The van der Waals surface area contributed by atoms with Crippen molar-refractivity contribution < 1.29 is 4.74 Å². The molecule has 18 heavy (non-hydrogen) atoms. The van der Waals surface area contributed by atoms with Gasteiger partial charge in [-0.3, -0.25) is 9.78 Å². The van der Waals surface area contributed by atoms with Crippen molar-refractivity contribution in [3.8, 4) is 5.75 Å². The lowest BCUT2D eigenvalue weighted by atomic mass is 10.2. The zero-order valence-electron chi connectivity index (χ0n) is 10.5. The number of hydrogen-bond donors (Lipinski definition) is 2. The van der Waals surface area contributed by atoms with Crippen LogP contribution in [0.5, 0.6) is 5.75 Å². The summed E-state index contributed by atoms with van der Waals surface area (Å²) in [5.41, 5.74) is 5.93. The molecule has 0 atom stereocenters. The second-order valence-corrected chi connectivity index (χ2v) is 3.24. The number of nitrogens with one attached hydrogen (secondary N) is 1. The maximum Gasteiger partial charge on any atom is 0.294 e. The first-order valence-electron chi connectivity index (χ1n) is 5.77. The zero-order valence-corrected chi connectivity index (χ0v) is 10.5. The van der Waals surface area contributed by atoms with Crippen LogP contribution >= 0.6 is 0 Å². The second kappa shape index (κ2) is 7.11. The topological polar surface area (TPSA) is 81.0 Å². The average molecular weight is 247 g/mol. The molecule has 0 saturated heterocycles. The van der Waals surface area contributed by atoms with Crippen molar-refractivity contribution in [3.05, 3.63) is 52.4 Å². The number of nitrogens with two attached hydrogens (primary N) is 1. The van der Waals surface area contributed by atoms with Gasteiger partial charge in [-0.15, -0.1) is 0 Å². The van der Waals surface area contributed by atoms with E-state index < -0.39 is 0 Å². The number of rotatable bonds is 3. The smallest absolute Gasteiger partial charge is 0.294 e. The summed E-state index contributed by atoms with van der Waals surface area (Å²) >= 11 is 0. The van der Waals surface area contributed by atoms with Crippen molar-refractivity contribution in [3.63, 3.8) is 0 Å². The number of nitrogens with zero attached hydrogens (tertiary/aromatic N) is 1. The lowest BCUT2D eigenvalue weighted by molar-refractivity contribution is 0.300. The third-order valence-corrected chi connectivity index (χ3v) is 2.02. The van der Waals surface area contributed by atoms with E-state index in [0.717, 1.165) is 5.56 Å². The van der Waals surface area contributed by atoms with Crippen LogP contribution in [0.25, 0.3) is 0 Å². The van der Waals surface area contributed by atoms with E-state index in [1.165, 1.54) is 6.20 Å². The van der Waals surface area contributed by atoms with Gasteiger partial charge >= 0.3 is 0 Å². The van der Waals surface area contributed by atoms with Gasteiger partial charge in [-0.05, 0) is 5.56 Å². The molecule has 1 heterocycles. The summed E-state index contributed by atoms with van der Waals surface area (Å²) in [4.78, 5) is 17.5. The minimum atomic E-state index is -0.372. The highest BCUT2D eigenvalue weighted by Gasteiger charge is 2.01. The van der Waals surface area contributed by atoms with E-state index in [1.807, 2.05) is 44.2 Å². The molecule has 2 aromatic rings. The Balaban J connectivity index is 0.000000771. The van der Waals surface area contributed by atoms with Crippen molar-refractivity contribution in [2.75, 3.05) is 5.73 Å². The number of aromatic nitrogens is 2. The number of hydrogen-bond acceptors (Lipinski definition) is 4. The van der Waals surface area contributed by atoms with Gasteiger partial charge in [-0.25, -0.2) is 4.98 Å². The Hall–Kier alpha value is -2.30. The molecule has 0 radical (unpaired) electrons. The SMILES string of the molecule is CC.Nc1ncc(OCc2ccccc2)c(=O)[nH]1. The van der Waals surface area contributed by atoms with E-state index in [0.29, 0.717) is 6.61 Å². The van der Waals surface area contributed by atoms with Crippen molar-refractivity contribution in [1.29, 1.82) is 0 Å². The minimum absolute atomic E-state index is 0.0806. The molecule has 0 fully saturated rings. The molecule has 0 bridgehead atoms. The van der Waals surface area contributed by atoms with E-state index in [9.17, 15) is 4.79 Å². The predicted molar refractivity (Wildman–Crippen MR) is 71.4 cm³/mol. The Morgan fingerprint density at radius 1 is 1.28 bits per heavy atom. The van der Waals surface area contributed by atoms with Gasteiger partial charge in [0.05, 0.1) is 6.20 Å². The van der Waals surface area contributed by atoms with E-state index in [2.05, 4.69) is 9.97 Å². The van der Waals surface area contributed by atoms with Crippen molar-refractivity contribution >= 4 is 5.95 Å². The summed E-state index contributed by atoms with van der Waals surface area (Å²) in [5, 5.41) is 0. The predicted octanol–water partition coefficient (Wildman–Crippen LogP) is 1.96. The fraction of sp³-hybridized carbons (Fsp3) is 0.231. The second-order valence-electron chi connectivity index (χ2n) is 3.24. The van der Waals surface area contributed by atoms with E-state index in [1.54, 1.807) is 0 Å². The number of aromatic amines is 1. The highest BCUT2D eigenvalue weighted by atomic mass is 16.5. The van der Waals surface area contributed by atoms with Crippen LogP contribution in [0.4, 0.5) is 5.95 Å². The molecule has 0 aliphatic carbocycles. The van der Waals surface area contributed by atoms with Crippen LogP contribution in [-0.2, 0) is 6.61 Å². The van der Waals surface area contributed by atoms with Crippen LogP contribution in [0.2, 0.25) is 0 Å². The van der Waals surface area contributed by atoms with E-state index in [-0.39, 0.29) is 17.3 Å². The van der Waals surface area contributed by atoms with Crippen molar-refractivity contribution in [2.45, 2.75) is 20.5 Å². The van der Waals surface area contributed by atoms with Gasteiger partial charge in [-0.1, -0.05) is 44.2 Å². The number of benzene rings is 1. The van der Waals surface area contributed by atoms with Gasteiger partial charge < -0.3 is 10.5 Å². The number of ether oxygens (including phenoxy) is 1. The van der Waals surface area contributed by atoms with Gasteiger partial charge in [0, 0.05) is 0 Å². The average Bonchev–Trinajstić information content (AvgIpc) is 2.41. The first kappa shape index (κ1) is 13.8. The zero-order chi connectivity index (χ0) is 13.4. The van der Waals surface area contributed by atoms with Crippen LogP contribution in [0.15, 0.2) is 41.3 Å². The molecular weight excluding hydrogens is 230 g/mol. The summed E-state index contributed by atoms with van der Waals surface area (Å²) in [6, 6.07) is 9.56. The Morgan fingerprint density at radius 3 is 2.56 bits per heavy atom. The first-order valence-corrected chi connectivity index (χ1v) is 5.77. The van der Waals surface area contributed by atoms with E-state index in [4.69, 9.17) is 10.5 Å². The van der Waals surface area contributed by atoms with Gasteiger partial charge in [0.15, 0.2) is 5.95 Å². The largest absolute Gasteiger partial charge is 0.482 e. The molecule has 2 rings (SSSR count). The van der Waals surface area contributed by atoms with Crippen molar-refractivity contribution in [1.82, 2.24) is 9.97 Å². The monoisotopic (exact) mass is 247 g/mol. The summed E-state index contributed by atoms with van der Waals surface area (Å²) in [6.07, 6.45) is 1.32. The standard InChI is InChI=1S/C11H11N3O2.C2H6/c12-11-13-6-9(10(15)14-11)16-7-8-4-2-1-3-5-8;1-2/h1-6H,7H2,(H3,12,13,14,15);1-2H3. The fourth-order valence-electron chi connectivity index (χ4n) is 1.24. The Labute approximate surface area is 106 Å². The van der Waals surface area contributed by atoms with Crippen LogP contribution in [0, 0.1) is 0 Å². The molecule has 0 unspecified atom stereocenters. The normalized spacial score (nSPS) is 9.22. The minimum Gasteiger partial charge on any atom is -0.482 e. The summed E-state index contributed by atoms with van der Waals surface area (Å²) in [7, 11) is 0. The summed E-state index contributed by atoms with van der Waals surface area (Å²) in [5.74, 6) is 0.245. The molecule has 0 aliphatic rings. The molecule has 0 saturated carbocycles. The van der Waals surface area contributed by atoms with Gasteiger partial charge in [0.2, 0.25) is 5.75 Å². The molecule has 1 aromatic heterocycles. The number of nitrogen functional groups attached to an aromatic ring is 1.